The second kappa shape index (κ2) is 5.58. The molecule has 0 saturated carbocycles. The van der Waals surface area contributed by atoms with E-state index in [-0.39, 0.29) is 6.42 Å². The molecule has 1 amide bonds. The minimum atomic E-state index is -4.81. The molecule has 0 aliphatic carbocycles. The van der Waals surface area contributed by atoms with Crippen LogP contribution in [0.5, 0.6) is 0 Å². The second-order valence-electron chi connectivity index (χ2n) is 5.71. The van der Waals surface area contributed by atoms with Crippen molar-refractivity contribution in [3.05, 3.63) is 0 Å². The van der Waals surface area contributed by atoms with Gasteiger partial charge in [-0.05, 0) is 6.92 Å². The summed E-state index contributed by atoms with van der Waals surface area (Å²) >= 11 is 0. The lowest BCUT2D eigenvalue weighted by Crippen LogP contribution is -3.05. The monoisotopic (exact) mass is 328 g/mol. The van der Waals surface area contributed by atoms with E-state index in [4.69, 9.17) is 0 Å². The van der Waals surface area contributed by atoms with Crippen molar-refractivity contribution in [3.63, 3.8) is 0 Å². The van der Waals surface area contributed by atoms with E-state index in [1.165, 1.54) is 6.92 Å². The summed E-state index contributed by atoms with van der Waals surface area (Å²) in [4.78, 5) is 12.8. The van der Waals surface area contributed by atoms with E-state index in [1.54, 1.807) is 0 Å². The lowest BCUT2D eigenvalue weighted by Gasteiger charge is -2.32. The van der Waals surface area contributed by atoms with Crippen molar-refractivity contribution in [3.8, 4) is 0 Å². The predicted molar refractivity (Wildman–Crippen MR) is 71.0 cm³/mol. The number of quaternary nitrogens is 1. The molecule has 0 aromatic heterocycles. The fourth-order valence-corrected chi connectivity index (χ4v) is 6.59. The van der Waals surface area contributed by atoms with E-state index in [1.807, 2.05) is 14.1 Å². The Labute approximate surface area is 119 Å². The Morgan fingerprint density at radius 3 is 2.45 bits per heavy atom. The van der Waals surface area contributed by atoms with Gasteiger partial charge in [-0.2, -0.15) is 0 Å². The van der Waals surface area contributed by atoms with Crippen LogP contribution in [-0.4, -0.2) is 70.2 Å². The van der Waals surface area contributed by atoms with Gasteiger partial charge in [0, 0.05) is 0 Å². The van der Waals surface area contributed by atoms with Crippen LogP contribution >= 0.6 is 0 Å². The van der Waals surface area contributed by atoms with Crippen LogP contribution in [0.15, 0.2) is 0 Å². The molecule has 1 heterocycles. The van der Waals surface area contributed by atoms with Crippen LogP contribution in [0, 0.1) is 0 Å². The van der Waals surface area contributed by atoms with E-state index >= 15 is 0 Å². The third-order valence-corrected chi connectivity index (χ3v) is 6.74. The van der Waals surface area contributed by atoms with E-state index in [0.717, 1.165) is 4.90 Å². The van der Waals surface area contributed by atoms with Crippen LogP contribution in [0.1, 0.15) is 13.3 Å². The highest BCUT2D eigenvalue weighted by Gasteiger charge is 2.51. The van der Waals surface area contributed by atoms with Crippen molar-refractivity contribution in [1.82, 2.24) is 5.32 Å². The first-order valence-corrected chi connectivity index (χ1v) is 9.40. The highest BCUT2D eigenvalue weighted by molar-refractivity contribution is 7.94. The zero-order chi connectivity index (χ0) is 15.8. The molecule has 2 N–H and O–H groups in total. The number of hydrogen-bond acceptors (Lipinski definition) is 6. The van der Waals surface area contributed by atoms with Gasteiger partial charge in [-0.25, -0.2) is 16.8 Å². The summed E-state index contributed by atoms with van der Waals surface area (Å²) in [6.07, 6.45) is 0.129. The summed E-state index contributed by atoms with van der Waals surface area (Å²) in [6, 6.07) is 0. The molecule has 1 aliphatic rings. The van der Waals surface area contributed by atoms with E-state index in [9.17, 15) is 26.2 Å². The smallest absolute Gasteiger partial charge is 0.226 e. The number of carbonyl (C=O) groups excluding carboxylic acids is 1. The largest absolute Gasteiger partial charge is 0.748 e. The van der Waals surface area contributed by atoms with Gasteiger partial charge in [-0.15, -0.1) is 0 Å². The van der Waals surface area contributed by atoms with Crippen molar-refractivity contribution >= 4 is 25.9 Å². The van der Waals surface area contributed by atoms with Gasteiger partial charge < -0.3 is 14.8 Å². The predicted octanol–water partition coefficient (Wildman–Crippen LogP) is -3.26. The molecular formula is C10H20N2O6S2. The van der Waals surface area contributed by atoms with Gasteiger partial charge in [0.15, 0.2) is 9.84 Å². The van der Waals surface area contributed by atoms with Crippen molar-refractivity contribution in [1.29, 1.82) is 0 Å². The number of sulfone groups is 1. The maximum Gasteiger partial charge on any atom is 0.226 e. The van der Waals surface area contributed by atoms with Gasteiger partial charge in [-0.1, -0.05) is 0 Å². The standard InChI is InChI=1S/C10H20N2O6S2/c1-10(11-9(13)4-5-12(2)3)7-19(14,15)6-8(10)20(16,17)18/h8H,4-7H2,1-3H3,(H,11,13)(H,16,17,18)/t8-,10+/m1/s1. The molecule has 1 saturated heterocycles. The van der Waals surface area contributed by atoms with Crippen molar-refractivity contribution < 1.29 is 31.1 Å². The van der Waals surface area contributed by atoms with E-state index in [0.29, 0.717) is 6.54 Å². The van der Waals surface area contributed by atoms with Crippen molar-refractivity contribution in [2.24, 2.45) is 0 Å². The summed E-state index contributed by atoms with van der Waals surface area (Å²) < 4.78 is 56.8. The molecule has 1 aliphatic heterocycles. The number of nitrogens with one attached hydrogen (secondary N) is 2. The summed E-state index contributed by atoms with van der Waals surface area (Å²) in [7, 11) is -4.78. The second-order valence-corrected chi connectivity index (χ2v) is 9.37. The maximum atomic E-state index is 11.8. The molecule has 1 fully saturated rings. The van der Waals surface area contributed by atoms with Gasteiger partial charge in [0.25, 0.3) is 0 Å². The van der Waals surface area contributed by atoms with Crippen LogP contribution in [0.4, 0.5) is 0 Å². The first-order valence-electron chi connectivity index (χ1n) is 6.11. The minimum absolute atomic E-state index is 0.129. The SMILES string of the molecule is C[NH+](C)CCC(=O)N[C@@]1(C)CS(=O)(=O)C[C@H]1S(=O)(=O)[O-]. The van der Waals surface area contributed by atoms with Gasteiger partial charge in [0.05, 0.1) is 49.4 Å². The first kappa shape index (κ1) is 17.3. The molecule has 10 heteroatoms. The number of carbonyl (C=O) groups is 1. The zero-order valence-corrected chi connectivity index (χ0v) is 13.3. The lowest BCUT2D eigenvalue weighted by molar-refractivity contribution is -0.857. The number of hydrogen-bond donors (Lipinski definition) is 2. The van der Waals surface area contributed by atoms with Crippen LogP contribution < -0.4 is 10.2 Å². The summed E-state index contributed by atoms with van der Waals surface area (Å²) in [6.45, 7) is 1.81. The molecule has 20 heavy (non-hydrogen) atoms. The topological polar surface area (TPSA) is 125 Å². The lowest BCUT2D eigenvalue weighted by atomic mass is 10.0. The third-order valence-electron chi connectivity index (χ3n) is 3.26. The van der Waals surface area contributed by atoms with Gasteiger partial charge in [-0.3, -0.25) is 4.79 Å². The molecule has 0 aromatic rings. The normalized spacial score (nSPS) is 29.6. The molecular weight excluding hydrogens is 308 g/mol. The van der Waals surface area contributed by atoms with Gasteiger partial charge in [0.1, 0.15) is 10.1 Å². The molecule has 0 radical (unpaired) electrons. The summed E-state index contributed by atoms with van der Waals surface area (Å²) in [5.74, 6) is -1.74. The average molecular weight is 328 g/mol. The molecule has 1 rings (SSSR count). The van der Waals surface area contributed by atoms with Gasteiger partial charge >= 0.3 is 0 Å². The number of amides is 1. The molecule has 118 valence electrons. The van der Waals surface area contributed by atoms with Crippen molar-refractivity contribution in [2.45, 2.75) is 24.1 Å². The first-order chi connectivity index (χ1) is 8.86. The highest BCUT2D eigenvalue weighted by Crippen LogP contribution is 2.28. The van der Waals surface area contributed by atoms with E-state index in [2.05, 4.69) is 5.32 Å². The molecule has 8 nitrogen and oxygen atoms in total. The van der Waals surface area contributed by atoms with E-state index < -0.39 is 48.2 Å². The van der Waals surface area contributed by atoms with Crippen molar-refractivity contribution in [2.75, 3.05) is 32.1 Å². The summed E-state index contributed by atoms with van der Waals surface area (Å²) in [5.41, 5.74) is -1.56. The Hall–Kier alpha value is -0.710. The van der Waals surface area contributed by atoms with Crippen LogP contribution in [0.25, 0.3) is 0 Å². The maximum absolute atomic E-state index is 11.8. The zero-order valence-electron chi connectivity index (χ0n) is 11.7. The molecule has 0 spiro atoms. The average Bonchev–Trinajstić information content (AvgIpc) is 2.45. The molecule has 2 atom stereocenters. The Bertz CT molecular complexity index is 583. The fourth-order valence-electron chi connectivity index (χ4n) is 2.29. The Morgan fingerprint density at radius 2 is 2.00 bits per heavy atom. The highest BCUT2D eigenvalue weighted by atomic mass is 32.2. The third kappa shape index (κ3) is 4.40. The van der Waals surface area contributed by atoms with Crippen LogP contribution in [-0.2, 0) is 24.7 Å². The molecule has 0 aromatic carbocycles. The summed E-state index contributed by atoms with van der Waals surface area (Å²) in [5, 5.41) is 0.769. The van der Waals surface area contributed by atoms with Gasteiger partial charge in [0.2, 0.25) is 5.91 Å². The number of rotatable bonds is 5. The Balaban J connectivity index is 2.91. The molecule has 0 bridgehead atoms. The fraction of sp³-hybridized carbons (Fsp3) is 0.900. The molecule has 0 unspecified atom stereocenters. The Kier molecular flexibility index (Phi) is 4.84. The quantitative estimate of drug-likeness (QED) is 0.510. The minimum Gasteiger partial charge on any atom is -0.748 e. The van der Waals surface area contributed by atoms with Crippen LogP contribution in [0.3, 0.4) is 0 Å². The Morgan fingerprint density at radius 1 is 1.45 bits per heavy atom. The van der Waals surface area contributed by atoms with Crippen LogP contribution in [0.2, 0.25) is 0 Å².